The molecule has 0 bridgehead atoms. The molecule has 2 N–H and O–H groups in total. The summed E-state index contributed by atoms with van der Waals surface area (Å²) in [4.78, 5) is 2.59. The second kappa shape index (κ2) is 5.74. The second-order valence-corrected chi connectivity index (χ2v) is 8.24. The average Bonchev–Trinajstić information content (AvgIpc) is 2.79. The Morgan fingerprint density at radius 1 is 1.30 bits per heavy atom. The fraction of sp³-hybridized carbons (Fsp3) is 0.750. The Morgan fingerprint density at radius 2 is 2.05 bits per heavy atom. The van der Waals surface area contributed by atoms with Crippen LogP contribution in [0.15, 0.2) is 12.3 Å². The summed E-state index contributed by atoms with van der Waals surface area (Å²) in [5, 5.41) is 0. The minimum absolute atomic E-state index is 0.224. The first kappa shape index (κ1) is 14.5. The van der Waals surface area contributed by atoms with Crippen LogP contribution < -0.4 is 5.73 Å². The third-order valence-corrected chi connectivity index (χ3v) is 5.64. The van der Waals surface area contributed by atoms with Crippen molar-refractivity contribution < 1.29 is 0 Å². The van der Waals surface area contributed by atoms with Gasteiger partial charge < -0.3 is 10.3 Å². The van der Waals surface area contributed by atoms with E-state index in [1.807, 2.05) is 0 Å². The fourth-order valence-corrected chi connectivity index (χ4v) is 4.56. The highest BCUT2D eigenvalue weighted by Gasteiger charge is 2.32. The minimum Gasteiger partial charge on any atom is -0.350 e. The summed E-state index contributed by atoms with van der Waals surface area (Å²) in [5.74, 6) is 2.59. The van der Waals surface area contributed by atoms with Crippen molar-refractivity contribution in [3.05, 3.63) is 23.5 Å². The lowest BCUT2D eigenvalue weighted by Gasteiger charge is -2.35. The van der Waals surface area contributed by atoms with Gasteiger partial charge >= 0.3 is 0 Å². The zero-order valence-electron chi connectivity index (χ0n) is 12.8. The van der Waals surface area contributed by atoms with E-state index in [1.165, 1.54) is 48.8 Å². The van der Waals surface area contributed by atoms with E-state index >= 15 is 0 Å². The van der Waals surface area contributed by atoms with E-state index in [0.717, 1.165) is 13.0 Å². The van der Waals surface area contributed by atoms with Crippen molar-refractivity contribution in [3.8, 4) is 0 Å². The van der Waals surface area contributed by atoms with E-state index in [4.69, 9.17) is 5.73 Å². The zero-order valence-corrected chi connectivity index (χ0v) is 13.6. The van der Waals surface area contributed by atoms with Crippen molar-refractivity contribution in [3.63, 3.8) is 0 Å². The number of thioether (sulfide) groups is 1. The molecule has 2 aliphatic rings. The summed E-state index contributed by atoms with van der Waals surface area (Å²) in [6.45, 7) is 9.47. The van der Waals surface area contributed by atoms with E-state index in [1.54, 1.807) is 0 Å². The topological polar surface area (TPSA) is 34.2 Å². The number of fused-ring (bicyclic) bond motifs is 1. The maximum atomic E-state index is 6.35. The van der Waals surface area contributed by atoms with Crippen LogP contribution in [0.5, 0.6) is 0 Å². The SMILES string of the molecule is CC1(C)Cc2c(ccn2CCN2CCSCC2)C(N)C1. The Labute approximate surface area is 126 Å². The van der Waals surface area contributed by atoms with Crippen LogP contribution in [0.1, 0.15) is 37.6 Å². The molecule has 1 aliphatic carbocycles. The predicted molar refractivity (Wildman–Crippen MR) is 87.2 cm³/mol. The molecule has 112 valence electrons. The quantitative estimate of drug-likeness (QED) is 0.930. The summed E-state index contributed by atoms with van der Waals surface area (Å²) < 4.78 is 2.46. The predicted octanol–water partition coefficient (Wildman–Crippen LogP) is 2.51. The highest BCUT2D eigenvalue weighted by Crippen LogP contribution is 2.39. The van der Waals surface area contributed by atoms with E-state index in [0.29, 0.717) is 5.41 Å². The van der Waals surface area contributed by atoms with Gasteiger partial charge in [-0.3, -0.25) is 4.90 Å². The number of hydrogen-bond acceptors (Lipinski definition) is 3. The Bertz CT molecular complexity index is 460. The molecule has 1 atom stereocenters. The van der Waals surface area contributed by atoms with Crippen molar-refractivity contribution in [2.75, 3.05) is 31.1 Å². The molecule has 3 rings (SSSR count). The van der Waals surface area contributed by atoms with Crippen molar-refractivity contribution in [1.82, 2.24) is 9.47 Å². The van der Waals surface area contributed by atoms with Gasteiger partial charge in [0.25, 0.3) is 0 Å². The molecule has 0 saturated carbocycles. The van der Waals surface area contributed by atoms with Gasteiger partial charge in [0.1, 0.15) is 0 Å². The van der Waals surface area contributed by atoms with Crippen molar-refractivity contribution in [1.29, 1.82) is 0 Å². The number of nitrogens with two attached hydrogens (primary N) is 1. The molecule has 1 aromatic heterocycles. The molecule has 1 fully saturated rings. The standard InChI is InChI=1S/C16H27N3S/c1-16(2)11-14(17)13-3-4-19(15(13)12-16)6-5-18-7-9-20-10-8-18/h3-4,14H,5-12,17H2,1-2H3. The van der Waals surface area contributed by atoms with Crippen LogP contribution in [-0.4, -0.2) is 40.6 Å². The number of hydrogen-bond donors (Lipinski definition) is 1. The molecule has 0 aromatic carbocycles. The number of aromatic nitrogens is 1. The molecule has 0 radical (unpaired) electrons. The molecule has 0 amide bonds. The summed E-state index contributed by atoms with van der Waals surface area (Å²) in [6, 6.07) is 2.47. The van der Waals surface area contributed by atoms with Crippen LogP contribution >= 0.6 is 11.8 Å². The van der Waals surface area contributed by atoms with Gasteiger partial charge in [-0.2, -0.15) is 11.8 Å². The van der Waals surface area contributed by atoms with Crippen LogP contribution in [0, 0.1) is 5.41 Å². The maximum absolute atomic E-state index is 6.35. The Balaban J connectivity index is 1.69. The van der Waals surface area contributed by atoms with Crippen LogP contribution in [0.2, 0.25) is 0 Å². The molecule has 2 heterocycles. The molecule has 1 aliphatic heterocycles. The highest BCUT2D eigenvalue weighted by atomic mass is 32.2. The lowest BCUT2D eigenvalue weighted by Crippen LogP contribution is -2.36. The molecule has 1 aromatic rings. The molecule has 3 nitrogen and oxygen atoms in total. The van der Waals surface area contributed by atoms with Gasteiger partial charge in [0.2, 0.25) is 0 Å². The Hall–Kier alpha value is -0.450. The second-order valence-electron chi connectivity index (χ2n) is 7.02. The van der Waals surface area contributed by atoms with Gasteiger partial charge in [0.15, 0.2) is 0 Å². The largest absolute Gasteiger partial charge is 0.350 e. The molecular formula is C16H27N3S. The monoisotopic (exact) mass is 293 g/mol. The van der Waals surface area contributed by atoms with Gasteiger partial charge in [-0.15, -0.1) is 0 Å². The molecule has 4 heteroatoms. The van der Waals surface area contributed by atoms with Crippen LogP contribution in [0.3, 0.4) is 0 Å². The molecule has 1 saturated heterocycles. The van der Waals surface area contributed by atoms with E-state index in [-0.39, 0.29) is 6.04 Å². The molecule has 0 spiro atoms. The van der Waals surface area contributed by atoms with Gasteiger partial charge in [0, 0.05) is 55.6 Å². The molecule has 1 unspecified atom stereocenters. The first-order valence-corrected chi connectivity index (χ1v) is 8.94. The average molecular weight is 293 g/mol. The van der Waals surface area contributed by atoms with Crippen LogP contribution in [0.4, 0.5) is 0 Å². The third-order valence-electron chi connectivity index (χ3n) is 4.69. The van der Waals surface area contributed by atoms with Gasteiger partial charge in [-0.1, -0.05) is 13.8 Å². The first-order chi connectivity index (χ1) is 9.55. The lowest BCUT2D eigenvalue weighted by molar-refractivity contribution is 0.263. The zero-order chi connectivity index (χ0) is 14.2. The normalized spacial score (nSPS) is 26.4. The van der Waals surface area contributed by atoms with Gasteiger partial charge in [0.05, 0.1) is 0 Å². The smallest absolute Gasteiger partial charge is 0.0350 e. The van der Waals surface area contributed by atoms with Crippen molar-refractivity contribution >= 4 is 11.8 Å². The lowest BCUT2D eigenvalue weighted by atomic mass is 9.74. The Morgan fingerprint density at radius 3 is 2.80 bits per heavy atom. The highest BCUT2D eigenvalue weighted by molar-refractivity contribution is 7.99. The summed E-state index contributed by atoms with van der Waals surface area (Å²) in [5.41, 5.74) is 9.56. The van der Waals surface area contributed by atoms with E-state index in [2.05, 4.69) is 47.3 Å². The third kappa shape index (κ3) is 3.07. The van der Waals surface area contributed by atoms with Gasteiger partial charge in [-0.25, -0.2) is 0 Å². The van der Waals surface area contributed by atoms with Crippen molar-refractivity contribution in [2.24, 2.45) is 11.1 Å². The number of nitrogens with zero attached hydrogens (tertiary/aromatic N) is 2. The summed E-state index contributed by atoms with van der Waals surface area (Å²) in [7, 11) is 0. The Kier molecular flexibility index (Phi) is 4.16. The fourth-order valence-electron chi connectivity index (χ4n) is 3.58. The first-order valence-electron chi connectivity index (χ1n) is 7.79. The summed E-state index contributed by atoms with van der Waals surface area (Å²) >= 11 is 2.08. The molecular weight excluding hydrogens is 266 g/mol. The summed E-state index contributed by atoms with van der Waals surface area (Å²) in [6.07, 6.45) is 4.52. The van der Waals surface area contributed by atoms with Crippen LogP contribution in [-0.2, 0) is 13.0 Å². The minimum atomic E-state index is 0.224. The van der Waals surface area contributed by atoms with Gasteiger partial charge in [-0.05, 0) is 29.9 Å². The van der Waals surface area contributed by atoms with Crippen LogP contribution in [0.25, 0.3) is 0 Å². The van der Waals surface area contributed by atoms with E-state index < -0.39 is 0 Å². The molecule has 20 heavy (non-hydrogen) atoms. The van der Waals surface area contributed by atoms with Crippen molar-refractivity contribution in [2.45, 2.75) is 39.3 Å². The van der Waals surface area contributed by atoms with E-state index in [9.17, 15) is 0 Å². The number of rotatable bonds is 3. The maximum Gasteiger partial charge on any atom is 0.0350 e.